The third kappa shape index (κ3) is 8.24. The molecule has 0 aliphatic rings. The third-order valence-corrected chi connectivity index (χ3v) is 6.68. The fourth-order valence-corrected chi connectivity index (χ4v) is 4.49. The Bertz CT molecular complexity index is 1180. The number of carbonyl (C=O) groups excluding carboxylic acids is 1. The number of amides is 1. The Morgan fingerprint density at radius 3 is 2.54 bits per heavy atom. The third-order valence-electron chi connectivity index (χ3n) is 5.35. The molecule has 0 fully saturated rings. The first-order valence-corrected chi connectivity index (χ1v) is 13.0. The lowest BCUT2D eigenvalue weighted by atomic mass is 10.0. The maximum Gasteiger partial charge on any atom is 0.240 e. The highest BCUT2D eigenvalue weighted by atomic mass is 127. The van der Waals surface area contributed by atoms with Gasteiger partial charge in [-0.25, -0.2) is 5.43 Å². The van der Waals surface area contributed by atoms with Crippen LogP contribution in [0.1, 0.15) is 35.1 Å². The minimum atomic E-state index is -0.122. The van der Waals surface area contributed by atoms with Crippen LogP contribution in [0.25, 0.3) is 0 Å². The van der Waals surface area contributed by atoms with E-state index in [9.17, 15) is 4.79 Å². The lowest BCUT2D eigenvalue weighted by molar-refractivity contribution is -0.121. The summed E-state index contributed by atoms with van der Waals surface area (Å²) in [5.41, 5.74) is 6.84. The molecular weight excluding hydrogens is 623 g/mol. The summed E-state index contributed by atoms with van der Waals surface area (Å²) in [4.78, 5) is 12.2. The van der Waals surface area contributed by atoms with Gasteiger partial charge in [0, 0.05) is 10.9 Å². The van der Waals surface area contributed by atoms with E-state index in [0.29, 0.717) is 24.5 Å². The van der Waals surface area contributed by atoms with Gasteiger partial charge in [0.05, 0.1) is 24.0 Å². The van der Waals surface area contributed by atoms with Crippen molar-refractivity contribution in [2.24, 2.45) is 5.10 Å². The van der Waals surface area contributed by atoms with Gasteiger partial charge < -0.3 is 14.2 Å². The molecule has 3 aromatic carbocycles. The highest BCUT2D eigenvalue weighted by Gasteiger charge is 2.12. The minimum absolute atomic E-state index is 0.122. The van der Waals surface area contributed by atoms with Crippen LogP contribution in [0.4, 0.5) is 0 Å². The maximum absolute atomic E-state index is 12.2. The van der Waals surface area contributed by atoms with Crippen LogP contribution >= 0.6 is 38.5 Å². The molecule has 0 saturated heterocycles. The van der Waals surface area contributed by atoms with Crippen molar-refractivity contribution in [3.63, 3.8) is 0 Å². The van der Waals surface area contributed by atoms with Crippen molar-refractivity contribution in [3.05, 3.63) is 84.9 Å². The number of hydrogen-bond donors (Lipinski definition) is 1. The van der Waals surface area contributed by atoms with E-state index in [1.54, 1.807) is 20.4 Å². The van der Waals surface area contributed by atoms with Crippen LogP contribution in [0.3, 0.4) is 0 Å². The van der Waals surface area contributed by atoms with Gasteiger partial charge in [-0.3, -0.25) is 4.79 Å². The molecule has 3 aromatic rings. The van der Waals surface area contributed by atoms with Crippen molar-refractivity contribution < 1.29 is 19.0 Å². The smallest absolute Gasteiger partial charge is 0.240 e. The Balaban J connectivity index is 1.52. The molecular formula is C27H28BrIN2O4. The lowest BCUT2D eigenvalue weighted by Crippen LogP contribution is -2.17. The summed E-state index contributed by atoms with van der Waals surface area (Å²) in [6.45, 7) is 2.48. The van der Waals surface area contributed by atoms with E-state index in [4.69, 9.17) is 14.2 Å². The van der Waals surface area contributed by atoms with Crippen LogP contribution in [0.15, 0.2) is 64.2 Å². The minimum Gasteiger partial charge on any atom is -0.497 e. The zero-order valence-corrected chi connectivity index (χ0v) is 23.7. The van der Waals surface area contributed by atoms with Crippen molar-refractivity contribution in [1.82, 2.24) is 5.43 Å². The number of methoxy groups -OCH3 is 2. The number of rotatable bonds is 11. The number of carbonyl (C=O) groups is 1. The first kappa shape index (κ1) is 27.0. The van der Waals surface area contributed by atoms with Gasteiger partial charge in [0.1, 0.15) is 12.4 Å². The van der Waals surface area contributed by atoms with Crippen LogP contribution in [0, 0.1) is 10.5 Å². The first-order valence-electron chi connectivity index (χ1n) is 11.1. The topological polar surface area (TPSA) is 69.2 Å². The molecule has 6 nitrogen and oxygen atoms in total. The van der Waals surface area contributed by atoms with Crippen LogP contribution in [0.2, 0.25) is 0 Å². The number of halogens is 2. The van der Waals surface area contributed by atoms with Gasteiger partial charge in [-0.15, -0.1) is 0 Å². The Morgan fingerprint density at radius 1 is 1.09 bits per heavy atom. The van der Waals surface area contributed by atoms with E-state index in [0.717, 1.165) is 43.3 Å². The molecule has 0 atom stereocenters. The quantitative estimate of drug-likeness (QED) is 0.148. The number of nitrogens with zero attached hydrogens (tertiary/aromatic N) is 1. The number of ether oxygens (including phenoxy) is 3. The molecule has 0 radical (unpaired) electrons. The average Bonchev–Trinajstić information content (AvgIpc) is 2.85. The standard InChI is InChI=1S/C27H28BrIN2O4/c1-18-13-23(33-2)12-9-21(18)5-4-6-26(32)31-30-16-20-14-24(29)27(25(15-20)34-3)35-17-19-7-10-22(28)11-8-19/h7-16H,4-6,17H2,1-3H3,(H,31,32)/b30-16-. The molecule has 0 spiro atoms. The molecule has 8 heteroatoms. The molecule has 0 aliphatic heterocycles. The lowest BCUT2D eigenvalue weighted by Gasteiger charge is -2.13. The van der Waals surface area contributed by atoms with Crippen LogP contribution in [0.5, 0.6) is 17.2 Å². The Labute approximate surface area is 228 Å². The Kier molecular flexibility index (Phi) is 10.4. The largest absolute Gasteiger partial charge is 0.497 e. The Hall–Kier alpha value is -2.59. The number of hydrogen-bond acceptors (Lipinski definition) is 5. The van der Waals surface area contributed by atoms with E-state index >= 15 is 0 Å². The van der Waals surface area contributed by atoms with Crippen LogP contribution in [-0.4, -0.2) is 26.3 Å². The first-order chi connectivity index (χ1) is 16.9. The van der Waals surface area contributed by atoms with Gasteiger partial charge in [0.2, 0.25) is 5.91 Å². The summed E-state index contributed by atoms with van der Waals surface area (Å²) in [6, 6.07) is 17.7. The van der Waals surface area contributed by atoms with Gasteiger partial charge in [0.15, 0.2) is 11.5 Å². The fraction of sp³-hybridized carbons (Fsp3) is 0.259. The SMILES string of the molecule is COc1ccc(CCCC(=O)N/N=C\c2cc(I)c(OCc3ccc(Br)cc3)c(OC)c2)c(C)c1. The highest BCUT2D eigenvalue weighted by molar-refractivity contribution is 14.1. The van der Waals surface area contributed by atoms with Gasteiger partial charge in [0.25, 0.3) is 0 Å². The highest BCUT2D eigenvalue weighted by Crippen LogP contribution is 2.34. The molecule has 1 amide bonds. The predicted octanol–water partition coefficient (Wildman–Crippen LogP) is 6.43. The molecule has 0 heterocycles. The van der Waals surface area contributed by atoms with E-state index in [1.807, 2.05) is 54.6 Å². The normalized spacial score (nSPS) is 10.9. The van der Waals surface area contributed by atoms with Crippen LogP contribution < -0.4 is 19.6 Å². The summed E-state index contributed by atoms with van der Waals surface area (Å²) < 4.78 is 18.7. The molecule has 0 aromatic heterocycles. The molecule has 184 valence electrons. The molecule has 0 unspecified atom stereocenters. The van der Waals surface area contributed by atoms with Crippen LogP contribution in [-0.2, 0) is 17.8 Å². The summed E-state index contributed by atoms with van der Waals surface area (Å²) in [7, 11) is 3.26. The van der Waals surface area contributed by atoms with Gasteiger partial charge >= 0.3 is 0 Å². The van der Waals surface area contributed by atoms with Crippen molar-refractivity contribution in [2.45, 2.75) is 32.8 Å². The second-order valence-corrected chi connectivity index (χ2v) is 9.97. The summed E-state index contributed by atoms with van der Waals surface area (Å²) in [5.74, 6) is 2.00. The Morgan fingerprint density at radius 2 is 1.86 bits per heavy atom. The zero-order valence-electron chi connectivity index (χ0n) is 19.9. The van der Waals surface area contributed by atoms with Gasteiger partial charge in [-0.1, -0.05) is 34.1 Å². The van der Waals surface area contributed by atoms with Crippen molar-refractivity contribution >= 4 is 50.6 Å². The summed E-state index contributed by atoms with van der Waals surface area (Å²) in [5, 5.41) is 4.11. The molecule has 3 rings (SSSR count). The average molecular weight is 651 g/mol. The monoisotopic (exact) mass is 650 g/mol. The second-order valence-electron chi connectivity index (χ2n) is 7.89. The molecule has 1 N–H and O–H groups in total. The van der Waals surface area contributed by atoms with Gasteiger partial charge in [-0.05, 0) is 101 Å². The molecule has 0 bridgehead atoms. The maximum atomic E-state index is 12.2. The molecule has 35 heavy (non-hydrogen) atoms. The van der Waals surface area contributed by atoms with E-state index in [1.165, 1.54) is 5.56 Å². The molecule has 0 aliphatic carbocycles. The van der Waals surface area contributed by atoms with Gasteiger partial charge in [-0.2, -0.15) is 5.10 Å². The summed E-state index contributed by atoms with van der Waals surface area (Å²) in [6.07, 6.45) is 3.57. The van der Waals surface area contributed by atoms with E-state index in [-0.39, 0.29) is 5.91 Å². The van der Waals surface area contributed by atoms with Crippen molar-refractivity contribution in [3.8, 4) is 17.2 Å². The number of nitrogens with one attached hydrogen (secondary N) is 1. The van der Waals surface area contributed by atoms with E-state index in [2.05, 4.69) is 56.0 Å². The second kappa shape index (κ2) is 13.5. The van der Waals surface area contributed by atoms with E-state index < -0.39 is 0 Å². The number of aryl methyl sites for hydroxylation is 2. The summed E-state index contributed by atoms with van der Waals surface area (Å²) >= 11 is 5.65. The molecule has 0 saturated carbocycles. The van der Waals surface area contributed by atoms with Crippen molar-refractivity contribution in [1.29, 1.82) is 0 Å². The fourth-order valence-electron chi connectivity index (χ4n) is 3.44. The predicted molar refractivity (Wildman–Crippen MR) is 151 cm³/mol. The number of hydrazone groups is 1. The van der Waals surface area contributed by atoms with Crippen molar-refractivity contribution in [2.75, 3.05) is 14.2 Å². The number of benzene rings is 3. The zero-order chi connectivity index (χ0) is 25.2.